The number of hydrazone groups is 1. The first kappa shape index (κ1) is 18.7. The maximum Gasteiger partial charge on any atom is 0.260 e. The number of ether oxygens (including phenoxy) is 1. The molecule has 2 rings (SSSR count). The van der Waals surface area contributed by atoms with Crippen LogP contribution in [0, 0.1) is 0 Å². The summed E-state index contributed by atoms with van der Waals surface area (Å²) in [5.74, 6) is 0.381. The third-order valence-electron chi connectivity index (χ3n) is 3.51. The van der Waals surface area contributed by atoms with Crippen LogP contribution in [0.25, 0.3) is 11.3 Å². The Morgan fingerprint density at radius 2 is 1.92 bits per heavy atom. The highest BCUT2D eigenvalue weighted by atomic mass is 32.2. The smallest absolute Gasteiger partial charge is 0.260 e. The standard InChI is InChI=1S/C16H21N5O3S/c1-10(2)25(22,23)12-7-5-11(6-8-12)13-9-19-15(17)14(20-13)16(24-4)21-18-3/h5-10,18H,1-4H3,(H2,17,19)/b21-16-. The monoisotopic (exact) mass is 363 g/mol. The SMILES string of the molecule is CN/N=C(\OC)c1nc(-c2ccc(S(=O)(=O)C(C)C)cc2)cnc1N. The van der Waals surface area contributed by atoms with Gasteiger partial charge in [-0.15, -0.1) is 5.10 Å². The Labute approximate surface area is 147 Å². The molecule has 1 aromatic carbocycles. The van der Waals surface area contributed by atoms with Crippen LogP contribution in [0.3, 0.4) is 0 Å². The molecule has 8 nitrogen and oxygen atoms in total. The summed E-state index contributed by atoms with van der Waals surface area (Å²) in [6.07, 6.45) is 1.51. The maximum absolute atomic E-state index is 12.2. The topological polar surface area (TPSA) is 120 Å². The van der Waals surface area contributed by atoms with E-state index in [1.807, 2.05) is 0 Å². The van der Waals surface area contributed by atoms with Crippen LogP contribution < -0.4 is 11.2 Å². The zero-order chi connectivity index (χ0) is 18.6. The average Bonchev–Trinajstić information content (AvgIpc) is 2.60. The lowest BCUT2D eigenvalue weighted by atomic mass is 10.1. The van der Waals surface area contributed by atoms with Crippen molar-refractivity contribution in [1.82, 2.24) is 15.4 Å². The molecule has 134 valence electrons. The molecule has 0 radical (unpaired) electrons. The molecule has 0 saturated carbocycles. The molecule has 1 aromatic heterocycles. The summed E-state index contributed by atoms with van der Waals surface area (Å²) in [5, 5.41) is 3.47. The van der Waals surface area contributed by atoms with Crippen molar-refractivity contribution in [3.63, 3.8) is 0 Å². The molecule has 0 spiro atoms. The number of methoxy groups -OCH3 is 1. The van der Waals surface area contributed by atoms with E-state index in [0.29, 0.717) is 17.0 Å². The van der Waals surface area contributed by atoms with E-state index in [1.165, 1.54) is 13.3 Å². The number of hydrogen-bond acceptors (Lipinski definition) is 8. The molecule has 0 bridgehead atoms. The minimum atomic E-state index is -3.32. The number of nitrogens with zero attached hydrogens (tertiary/aromatic N) is 3. The second-order valence-electron chi connectivity index (χ2n) is 5.45. The highest BCUT2D eigenvalue weighted by molar-refractivity contribution is 7.92. The van der Waals surface area contributed by atoms with Gasteiger partial charge in [0.1, 0.15) is 0 Å². The molecular formula is C16H21N5O3S. The summed E-state index contributed by atoms with van der Waals surface area (Å²) in [7, 11) is -0.240. The Morgan fingerprint density at radius 3 is 2.44 bits per heavy atom. The number of nitrogen functional groups attached to an aromatic ring is 1. The Morgan fingerprint density at radius 1 is 1.28 bits per heavy atom. The zero-order valence-electron chi connectivity index (χ0n) is 14.5. The highest BCUT2D eigenvalue weighted by Gasteiger charge is 2.19. The van der Waals surface area contributed by atoms with Gasteiger partial charge < -0.3 is 15.9 Å². The van der Waals surface area contributed by atoms with E-state index >= 15 is 0 Å². The number of aromatic nitrogens is 2. The van der Waals surface area contributed by atoms with Crippen LogP contribution in [-0.4, -0.2) is 43.7 Å². The van der Waals surface area contributed by atoms with E-state index in [2.05, 4.69) is 20.5 Å². The lowest BCUT2D eigenvalue weighted by Gasteiger charge is -2.10. The summed E-state index contributed by atoms with van der Waals surface area (Å²) < 4.78 is 29.6. The second-order valence-corrected chi connectivity index (χ2v) is 7.96. The molecule has 0 aliphatic carbocycles. The van der Waals surface area contributed by atoms with Gasteiger partial charge in [0.25, 0.3) is 5.90 Å². The van der Waals surface area contributed by atoms with Crippen LogP contribution in [0.5, 0.6) is 0 Å². The Kier molecular flexibility index (Phi) is 5.58. The molecule has 2 aromatic rings. The summed E-state index contributed by atoms with van der Waals surface area (Å²) in [6, 6.07) is 6.48. The molecule has 9 heteroatoms. The van der Waals surface area contributed by atoms with E-state index in [9.17, 15) is 8.42 Å². The van der Waals surface area contributed by atoms with Gasteiger partial charge in [-0.25, -0.2) is 18.4 Å². The molecule has 0 aliphatic rings. The van der Waals surface area contributed by atoms with Gasteiger partial charge in [-0.1, -0.05) is 12.1 Å². The van der Waals surface area contributed by atoms with Gasteiger partial charge in [0.15, 0.2) is 21.3 Å². The minimum absolute atomic E-state index is 0.179. The maximum atomic E-state index is 12.2. The Hall–Kier alpha value is -2.68. The largest absolute Gasteiger partial charge is 0.478 e. The van der Waals surface area contributed by atoms with Crippen LogP contribution in [0.2, 0.25) is 0 Å². The van der Waals surface area contributed by atoms with Gasteiger partial charge in [0, 0.05) is 12.6 Å². The van der Waals surface area contributed by atoms with E-state index in [4.69, 9.17) is 10.5 Å². The molecule has 1 heterocycles. The van der Waals surface area contributed by atoms with Crippen molar-refractivity contribution < 1.29 is 13.2 Å². The molecule has 0 atom stereocenters. The molecule has 25 heavy (non-hydrogen) atoms. The van der Waals surface area contributed by atoms with Gasteiger partial charge in [-0.05, 0) is 26.0 Å². The third kappa shape index (κ3) is 3.87. The summed E-state index contributed by atoms with van der Waals surface area (Å²) in [6.45, 7) is 3.29. The molecule has 3 N–H and O–H groups in total. The number of anilines is 1. The second kappa shape index (κ2) is 7.47. The first-order valence-corrected chi connectivity index (χ1v) is 9.11. The number of nitrogens with two attached hydrogens (primary N) is 1. The molecular weight excluding hydrogens is 342 g/mol. The van der Waals surface area contributed by atoms with Gasteiger partial charge in [0.2, 0.25) is 0 Å². The number of hydrogen-bond donors (Lipinski definition) is 2. The number of benzene rings is 1. The molecule has 0 amide bonds. The Bertz CT molecular complexity index is 877. The van der Waals surface area contributed by atoms with E-state index in [-0.39, 0.29) is 16.6 Å². The average molecular weight is 363 g/mol. The normalized spacial score (nSPS) is 12.3. The van der Waals surface area contributed by atoms with Crippen molar-refractivity contribution in [3.8, 4) is 11.3 Å². The minimum Gasteiger partial charge on any atom is -0.478 e. The number of nitrogens with one attached hydrogen (secondary N) is 1. The lowest BCUT2D eigenvalue weighted by Crippen LogP contribution is -2.15. The predicted octanol–water partition coefficient (Wildman–Crippen LogP) is 1.44. The first-order chi connectivity index (χ1) is 11.8. The van der Waals surface area contributed by atoms with Crippen LogP contribution in [0.4, 0.5) is 5.82 Å². The molecule has 0 fully saturated rings. The van der Waals surface area contributed by atoms with Gasteiger partial charge in [-0.3, -0.25) is 0 Å². The number of rotatable bonds is 5. The van der Waals surface area contributed by atoms with Crippen molar-refractivity contribution >= 4 is 21.6 Å². The van der Waals surface area contributed by atoms with Gasteiger partial charge in [-0.2, -0.15) is 0 Å². The number of sulfone groups is 1. The molecule has 0 saturated heterocycles. The summed E-state index contributed by atoms with van der Waals surface area (Å²) in [4.78, 5) is 8.81. The van der Waals surface area contributed by atoms with Crippen molar-refractivity contribution in [3.05, 3.63) is 36.2 Å². The van der Waals surface area contributed by atoms with E-state index in [1.54, 1.807) is 45.2 Å². The van der Waals surface area contributed by atoms with Crippen LogP contribution in [0.15, 0.2) is 40.5 Å². The lowest BCUT2D eigenvalue weighted by molar-refractivity contribution is 0.398. The van der Waals surface area contributed by atoms with Crippen LogP contribution in [0.1, 0.15) is 19.5 Å². The van der Waals surface area contributed by atoms with Gasteiger partial charge >= 0.3 is 0 Å². The quantitative estimate of drug-likeness (QED) is 0.468. The highest BCUT2D eigenvalue weighted by Crippen LogP contribution is 2.23. The predicted molar refractivity (Wildman–Crippen MR) is 96.8 cm³/mol. The third-order valence-corrected chi connectivity index (χ3v) is 5.68. The fourth-order valence-corrected chi connectivity index (χ4v) is 3.14. The molecule has 0 unspecified atom stereocenters. The fourth-order valence-electron chi connectivity index (χ4n) is 2.08. The Balaban J connectivity index is 2.45. The van der Waals surface area contributed by atoms with Gasteiger partial charge in [0.05, 0.1) is 29.1 Å². The van der Waals surface area contributed by atoms with Crippen molar-refractivity contribution in [2.45, 2.75) is 24.0 Å². The molecule has 0 aliphatic heterocycles. The summed E-state index contributed by atoms with van der Waals surface area (Å²) in [5.41, 5.74) is 9.99. The fraction of sp³-hybridized carbons (Fsp3) is 0.312. The van der Waals surface area contributed by atoms with Crippen molar-refractivity contribution in [1.29, 1.82) is 0 Å². The zero-order valence-corrected chi connectivity index (χ0v) is 15.3. The van der Waals surface area contributed by atoms with Crippen molar-refractivity contribution in [2.24, 2.45) is 5.10 Å². The van der Waals surface area contributed by atoms with Crippen LogP contribution in [-0.2, 0) is 14.6 Å². The summed E-state index contributed by atoms with van der Waals surface area (Å²) >= 11 is 0. The van der Waals surface area contributed by atoms with Crippen molar-refractivity contribution in [2.75, 3.05) is 19.9 Å². The van der Waals surface area contributed by atoms with E-state index in [0.717, 1.165) is 0 Å². The van der Waals surface area contributed by atoms with Crippen LogP contribution >= 0.6 is 0 Å². The van der Waals surface area contributed by atoms with E-state index < -0.39 is 15.1 Å². The first-order valence-electron chi connectivity index (χ1n) is 7.57.